The first-order valence-corrected chi connectivity index (χ1v) is 8.55. The maximum Gasteiger partial charge on any atom is 0.417 e. The molecule has 1 aromatic rings. The molecule has 1 aromatic carbocycles. The van der Waals surface area contributed by atoms with E-state index in [0.29, 0.717) is 25.9 Å². The van der Waals surface area contributed by atoms with Crippen LogP contribution in [0.5, 0.6) is 5.75 Å². The van der Waals surface area contributed by atoms with Gasteiger partial charge in [0.15, 0.2) is 0 Å². The number of halogens is 4. The fraction of sp³-hybridized carbons (Fsp3) is 0.588. The predicted octanol–water partition coefficient (Wildman–Crippen LogP) is 4.72. The molecule has 1 aliphatic rings. The molecule has 1 amide bonds. The van der Waals surface area contributed by atoms with Gasteiger partial charge in [-0.25, -0.2) is 4.79 Å². The summed E-state index contributed by atoms with van der Waals surface area (Å²) >= 11 is 5.70. The number of hydrogen-bond acceptors (Lipinski definition) is 4. The van der Waals surface area contributed by atoms with Gasteiger partial charge in [-0.1, -0.05) is 11.6 Å². The van der Waals surface area contributed by atoms with E-state index in [2.05, 4.69) is 0 Å². The summed E-state index contributed by atoms with van der Waals surface area (Å²) in [5.41, 5.74) is 3.98. The SMILES string of the molecule is CC(C)(C)OC(=O)N1CCC(Oc2cc(Cl)c(C(F)(F)F)cc2N)CC1. The average molecular weight is 395 g/mol. The van der Waals surface area contributed by atoms with Gasteiger partial charge in [-0.2, -0.15) is 13.2 Å². The molecular weight excluding hydrogens is 373 g/mol. The maximum absolute atomic E-state index is 12.8. The summed E-state index contributed by atoms with van der Waals surface area (Å²) in [5, 5.41) is -0.465. The maximum atomic E-state index is 12.8. The zero-order chi connectivity index (χ0) is 19.7. The van der Waals surface area contributed by atoms with E-state index in [1.807, 2.05) is 0 Å². The summed E-state index contributed by atoms with van der Waals surface area (Å²) in [4.78, 5) is 13.6. The van der Waals surface area contributed by atoms with Gasteiger partial charge in [0.1, 0.15) is 17.5 Å². The number of benzene rings is 1. The van der Waals surface area contributed by atoms with E-state index >= 15 is 0 Å². The molecule has 1 aliphatic heterocycles. The first-order chi connectivity index (χ1) is 11.9. The van der Waals surface area contributed by atoms with E-state index in [1.54, 1.807) is 25.7 Å². The van der Waals surface area contributed by atoms with Crippen LogP contribution in [-0.2, 0) is 10.9 Å². The van der Waals surface area contributed by atoms with Crippen LogP contribution in [0.4, 0.5) is 23.7 Å². The molecule has 0 saturated carbocycles. The first-order valence-electron chi connectivity index (χ1n) is 8.17. The second kappa shape index (κ2) is 7.42. The lowest BCUT2D eigenvalue weighted by Crippen LogP contribution is -2.44. The summed E-state index contributed by atoms with van der Waals surface area (Å²) in [7, 11) is 0. The summed E-state index contributed by atoms with van der Waals surface area (Å²) < 4.78 is 49.5. The number of ether oxygens (including phenoxy) is 2. The van der Waals surface area contributed by atoms with Crippen LogP contribution in [0, 0.1) is 0 Å². The lowest BCUT2D eigenvalue weighted by atomic mass is 10.1. The van der Waals surface area contributed by atoms with E-state index in [0.717, 1.165) is 12.1 Å². The number of alkyl halides is 3. The van der Waals surface area contributed by atoms with E-state index in [9.17, 15) is 18.0 Å². The first kappa shape index (κ1) is 20.5. The topological polar surface area (TPSA) is 64.8 Å². The predicted molar refractivity (Wildman–Crippen MR) is 92.3 cm³/mol. The third kappa shape index (κ3) is 5.33. The molecule has 0 atom stereocenters. The van der Waals surface area contributed by atoms with Crippen molar-refractivity contribution in [2.75, 3.05) is 18.8 Å². The van der Waals surface area contributed by atoms with Crippen molar-refractivity contribution in [1.29, 1.82) is 0 Å². The summed E-state index contributed by atoms with van der Waals surface area (Å²) in [5.74, 6) is 0.110. The Morgan fingerprint density at radius 2 is 1.81 bits per heavy atom. The molecule has 0 aromatic heterocycles. The smallest absolute Gasteiger partial charge is 0.417 e. The molecule has 1 heterocycles. The average Bonchev–Trinajstić information content (AvgIpc) is 2.48. The molecule has 9 heteroatoms. The van der Waals surface area contributed by atoms with Crippen molar-refractivity contribution in [2.45, 2.75) is 51.5 Å². The molecule has 2 rings (SSSR count). The zero-order valence-corrected chi connectivity index (χ0v) is 15.6. The van der Waals surface area contributed by atoms with Gasteiger partial charge in [-0.15, -0.1) is 0 Å². The molecule has 0 bridgehead atoms. The van der Waals surface area contributed by atoms with Crippen molar-refractivity contribution in [1.82, 2.24) is 4.90 Å². The van der Waals surface area contributed by atoms with Crippen LogP contribution in [0.15, 0.2) is 12.1 Å². The van der Waals surface area contributed by atoms with E-state index < -0.39 is 28.5 Å². The molecule has 146 valence electrons. The van der Waals surface area contributed by atoms with Crippen LogP contribution >= 0.6 is 11.6 Å². The molecule has 1 fully saturated rings. The van der Waals surface area contributed by atoms with Crippen LogP contribution in [0.3, 0.4) is 0 Å². The number of rotatable bonds is 2. The highest BCUT2D eigenvalue weighted by atomic mass is 35.5. The number of amides is 1. The number of piperidine rings is 1. The van der Waals surface area contributed by atoms with Gasteiger partial charge in [0, 0.05) is 32.0 Å². The molecule has 0 spiro atoms. The molecule has 2 N–H and O–H groups in total. The normalized spacial score (nSPS) is 16.5. The number of carbonyl (C=O) groups is 1. The largest absolute Gasteiger partial charge is 0.488 e. The second-order valence-electron chi connectivity index (χ2n) is 7.15. The highest BCUT2D eigenvalue weighted by molar-refractivity contribution is 6.31. The Kier molecular flexibility index (Phi) is 5.85. The van der Waals surface area contributed by atoms with Crippen LogP contribution in [0.1, 0.15) is 39.2 Å². The van der Waals surface area contributed by atoms with Gasteiger partial charge in [-0.3, -0.25) is 0 Å². The fourth-order valence-electron chi connectivity index (χ4n) is 2.55. The van der Waals surface area contributed by atoms with Gasteiger partial charge in [0.25, 0.3) is 0 Å². The van der Waals surface area contributed by atoms with Crippen LogP contribution < -0.4 is 10.5 Å². The Balaban J connectivity index is 1.98. The highest BCUT2D eigenvalue weighted by Crippen LogP contribution is 2.40. The van der Waals surface area contributed by atoms with Crippen LogP contribution in [-0.4, -0.2) is 35.8 Å². The summed E-state index contributed by atoms with van der Waals surface area (Å²) in [6.45, 7) is 6.22. The Bertz CT molecular complexity index is 666. The molecule has 26 heavy (non-hydrogen) atoms. The van der Waals surface area contributed by atoms with Crippen molar-refractivity contribution < 1.29 is 27.4 Å². The summed E-state index contributed by atoms with van der Waals surface area (Å²) in [6.07, 6.45) is -4.23. The van der Waals surface area contributed by atoms with Crippen molar-refractivity contribution in [2.24, 2.45) is 0 Å². The third-order valence-corrected chi connectivity index (χ3v) is 4.10. The van der Waals surface area contributed by atoms with Gasteiger partial charge in [-0.05, 0) is 26.8 Å². The number of likely N-dealkylation sites (tertiary alicyclic amines) is 1. The molecule has 1 saturated heterocycles. The third-order valence-electron chi connectivity index (χ3n) is 3.79. The van der Waals surface area contributed by atoms with Crippen molar-refractivity contribution >= 4 is 23.4 Å². The minimum Gasteiger partial charge on any atom is -0.488 e. The van der Waals surface area contributed by atoms with Crippen molar-refractivity contribution in [3.05, 3.63) is 22.7 Å². The van der Waals surface area contributed by atoms with Gasteiger partial charge in [0.2, 0.25) is 0 Å². The second-order valence-corrected chi connectivity index (χ2v) is 7.56. The molecular formula is C17H22ClF3N2O3. The van der Waals surface area contributed by atoms with Gasteiger partial charge in [0.05, 0.1) is 16.3 Å². The Hall–Kier alpha value is -1.83. The van der Waals surface area contributed by atoms with Crippen molar-refractivity contribution in [3.63, 3.8) is 0 Å². The minimum absolute atomic E-state index is 0.110. The Morgan fingerprint density at radius 1 is 1.23 bits per heavy atom. The number of nitrogens with zero attached hydrogens (tertiary/aromatic N) is 1. The standard InChI is InChI=1S/C17H22ClF3N2O3/c1-16(2,3)26-15(24)23-6-4-10(5-7-23)25-14-9-12(18)11(8-13(14)22)17(19,20)21/h8-10H,4-7,22H2,1-3H3. The number of nitrogens with two attached hydrogens (primary N) is 1. The number of anilines is 1. The van der Waals surface area contributed by atoms with Crippen LogP contribution in [0.2, 0.25) is 5.02 Å². The lowest BCUT2D eigenvalue weighted by molar-refractivity contribution is -0.137. The Labute approximate surface area is 155 Å². The van der Waals surface area contributed by atoms with E-state index in [-0.39, 0.29) is 17.5 Å². The number of hydrogen-bond donors (Lipinski definition) is 1. The van der Waals surface area contributed by atoms with Crippen molar-refractivity contribution in [3.8, 4) is 5.75 Å². The van der Waals surface area contributed by atoms with Gasteiger partial charge >= 0.3 is 12.3 Å². The lowest BCUT2D eigenvalue weighted by Gasteiger charge is -2.33. The molecule has 5 nitrogen and oxygen atoms in total. The fourth-order valence-corrected chi connectivity index (χ4v) is 2.81. The van der Waals surface area contributed by atoms with Gasteiger partial charge < -0.3 is 20.1 Å². The molecule has 0 aliphatic carbocycles. The minimum atomic E-state index is -4.58. The highest BCUT2D eigenvalue weighted by Gasteiger charge is 2.34. The zero-order valence-electron chi connectivity index (χ0n) is 14.8. The quantitative estimate of drug-likeness (QED) is 0.737. The summed E-state index contributed by atoms with van der Waals surface area (Å²) in [6, 6.07) is 1.85. The molecule has 0 radical (unpaired) electrons. The number of carbonyl (C=O) groups excluding carboxylic acids is 1. The molecule has 0 unspecified atom stereocenters. The van der Waals surface area contributed by atoms with Crippen LogP contribution in [0.25, 0.3) is 0 Å². The number of nitrogen functional groups attached to an aromatic ring is 1. The Morgan fingerprint density at radius 3 is 2.31 bits per heavy atom. The monoisotopic (exact) mass is 394 g/mol. The van der Waals surface area contributed by atoms with E-state index in [4.69, 9.17) is 26.8 Å². The van der Waals surface area contributed by atoms with E-state index in [1.165, 1.54) is 0 Å².